The number of rotatable bonds is 7. The van der Waals surface area contributed by atoms with Crippen LogP contribution in [0, 0.1) is 6.92 Å². The number of nitrogens with zero attached hydrogens (tertiary/aromatic N) is 1. The standard InChI is InChI=1S/C30H31N3O2/c1-4-5-18-31-29(34)20(3)33-28(22-10-6-7-11-23(22)30(33)35)26-24-12-8-9-13-25(24)32-27(26)21-16-14-19(2)15-17-21/h6-17,20,28,32H,4-5,18H2,1-3H3,(H,31,34)/t20-,28+/m0/s1. The molecule has 1 aliphatic rings. The molecule has 5 heteroatoms. The Morgan fingerprint density at radius 1 is 1.03 bits per heavy atom. The van der Waals surface area contributed by atoms with Crippen LogP contribution in [0.3, 0.4) is 0 Å². The molecule has 0 unspecified atom stereocenters. The minimum atomic E-state index is -0.615. The van der Waals surface area contributed by atoms with Gasteiger partial charge in [0.15, 0.2) is 0 Å². The number of unbranched alkanes of at least 4 members (excludes halogenated alkanes) is 1. The van der Waals surface area contributed by atoms with Crippen molar-refractivity contribution in [2.75, 3.05) is 6.54 Å². The molecule has 0 fully saturated rings. The van der Waals surface area contributed by atoms with Crippen LogP contribution in [-0.2, 0) is 4.79 Å². The van der Waals surface area contributed by atoms with E-state index in [9.17, 15) is 9.59 Å². The van der Waals surface area contributed by atoms with E-state index in [1.807, 2.05) is 43.3 Å². The topological polar surface area (TPSA) is 65.2 Å². The third-order valence-corrected chi connectivity index (χ3v) is 6.98. The number of para-hydroxylation sites is 1. The number of aryl methyl sites for hydroxylation is 1. The Labute approximate surface area is 206 Å². The Bertz CT molecular complexity index is 1390. The smallest absolute Gasteiger partial charge is 0.255 e. The van der Waals surface area contributed by atoms with Gasteiger partial charge in [-0.3, -0.25) is 9.59 Å². The first-order valence-corrected chi connectivity index (χ1v) is 12.4. The molecule has 0 aliphatic carbocycles. The molecule has 0 spiro atoms. The van der Waals surface area contributed by atoms with Crippen LogP contribution in [0.5, 0.6) is 0 Å². The van der Waals surface area contributed by atoms with Gasteiger partial charge in [-0.05, 0) is 43.5 Å². The number of H-pyrrole nitrogens is 1. The molecule has 2 atom stereocenters. The highest BCUT2D eigenvalue weighted by Crippen LogP contribution is 2.46. The van der Waals surface area contributed by atoms with Gasteiger partial charge in [-0.15, -0.1) is 0 Å². The molecule has 1 aromatic heterocycles. The number of aromatic amines is 1. The van der Waals surface area contributed by atoms with Crippen LogP contribution >= 0.6 is 0 Å². The van der Waals surface area contributed by atoms with Gasteiger partial charge in [0.1, 0.15) is 6.04 Å². The van der Waals surface area contributed by atoms with E-state index in [2.05, 4.69) is 60.5 Å². The molecule has 1 aliphatic heterocycles. The summed E-state index contributed by atoms with van der Waals surface area (Å²) in [5.74, 6) is -0.231. The summed E-state index contributed by atoms with van der Waals surface area (Å²) in [4.78, 5) is 32.3. The van der Waals surface area contributed by atoms with Crippen molar-refractivity contribution in [2.45, 2.75) is 45.7 Å². The minimum Gasteiger partial charge on any atom is -0.354 e. The van der Waals surface area contributed by atoms with Crippen LogP contribution in [0.25, 0.3) is 22.2 Å². The summed E-state index contributed by atoms with van der Waals surface area (Å²) in [6, 6.07) is 23.3. The van der Waals surface area contributed by atoms with Gasteiger partial charge in [0.25, 0.3) is 5.91 Å². The van der Waals surface area contributed by atoms with Crippen LogP contribution in [0.1, 0.15) is 59.8 Å². The van der Waals surface area contributed by atoms with Gasteiger partial charge in [-0.1, -0.05) is 79.6 Å². The Balaban J connectivity index is 1.69. The lowest BCUT2D eigenvalue weighted by atomic mass is 9.92. The van der Waals surface area contributed by atoms with Crippen LogP contribution in [0.2, 0.25) is 0 Å². The fourth-order valence-corrected chi connectivity index (χ4v) is 5.09. The van der Waals surface area contributed by atoms with E-state index >= 15 is 0 Å². The fourth-order valence-electron chi connectivity index (χ4n) is 5.09. The van der Waals surface area contributed by atoms with Crippen molar-refractivity contribution in [1.82, 2.24) is 15.2 Å². The predicted octanol–water partition coefficient (Wildman–Crippen LogP) is 5.99. The first-order chi connectivity index (χ1) is 17.0. The van der Waals surface area contributed by atoms with Gasteiger partial charge in [-0.2, -0.15) is 0 Å². The van der Waals surface area contributed by atoms with Crippen LogP contribution < -0.4 is 5.32 Å². The number of carbonyl (C=O) groups is 2. The second-order valence-electron chi connectivity index (χ2n) is 9.35. The summed E-state index contributed by atoms with van der Waals surface area (Å²) in [6.07, 6.45) is 1.91. The first-order valence-electron chi connectivity index (χ1n) is 12.4. The number of nitrogens with one attached hydrogen (secondary N) is 2. The molecule has 0 bridgehead atoms. The molecule has 35 heavy (non-hydrogen) atoms. The second kappa shape index (κ2) is 9.41. The molecule has 5 nitrogen and oxygen atoms in total. The summed E-state index contributed by atoms with van der Waals surface area (Å²) >= 11 is 0. The molecule has 5 rings (SSSR count). The van der Waals surface area contributed by atoms with E-state index in [0.717, 1.165) is 46.1 Å². The van der Waals surface area contributed by atoms with E-state index in [4.69, 9.17) is 0 Å². The first kappa shape index (κ1) is 22.9. The zero-order valence-corrected chi connectivity index (χ0v) is 20.5. The lowest BCUT2D eigenvalue weighted by Gasteiger charge is -2.31. The quantitative estimate of drug-likeness (QED) is 0.329. The third kappa shape index (κ3) is 4.01. The monoisotopic (exact) mass is 465 g/mol. The van der Waals surface area contributed by atoms with Gasteiger partial charge in [0, 0.05) is 28.6 Å². The van der Waals surface area contributed by atoms with Gasteiger partial charge in [0.05, 0.1) is 11.7 Å². The molecule has 2 heterocycles. The van der Waals surface area contributed by atoms with Crippen LogP contribution in [0.15, 0.2) is 72.8 Å². The Kier molecular flexibility index (Phi) is 6.16. The van der Waals surface area contributed by atoms with E-state index in [1.54, 1.807) is 4.90 Å². The maximum absolute atomic E-state index is 13.7. The average Bonchev–Trinajstić information content (AvgIpc) is 3.39. The highest BCUT2D eigenvalue weighted by molar-refractivity contribution is 6.04. The van der Waals surface area contributed by atoms with Crippen molar-refractivity contribution in [3.05, 3.63) is 95.1 Å². The number of fused-ring (bicyclic) bond motifs is 2. The minimum absolute atomic E-state index is 0.108. The fraction of sp³-hybridized carbons (Fsp3) is 0.267. The SMILES string of the molecule is CCCCNC(=O)[C@H](C)N1C(=O)c2ccccc2[C@@H]1c1c(-c2ccc(C)cc2)[nH]c2ccccc12. The Morgan fingerprint density at radius 3 is 2.51 bits per heavy atom. The van der Waals surface area contributed by atoms with Crippen LogP contribution in [0.4, 0.5) is 0 Å². The Hall–Kier alpha value is -3.86. The third-order valence-electron chi connectivity index (χ3n) is 6.98. The zero-order chi connectivity index (χ0) is 24.5. The molecule has 2 amide bonds. The molecule has 3 aromatic carbocycles. The van der Waals surface area contributed by atoms with Gasteiger partial charge < -0.3 is 15.2 Å². The molecule has 4 aromatic rings. The largest absolute Gasteiger partial charge is 0.354 e. The highest BCUT2D eigenvalue weighted by Gasteiger charge is 2.44. The van der Waals surface area contributed by atoms with Crippen molar-refractivity contribution in [3.63, 3.8) is 0 Å². The maximum atomic E-state index is 13.7. The average molecular weight is 466 g/mol. The van der Waals surface area contributed by atoms with Crippen LogP contribution in [-0.4, -0.2) is 34.3 Å². The van der Waals surface area contributed by atoms with Crippen molar-refractivity contribution < 1.29 is 9.59 Å². The molecular formula is C30H31N3O2. The van der Waals surface area contributed by atoms with Crippen molar-refractivity contribution in [2.24, 2.45) is 0 Å². The molecule has 0 saturated heterocycles. The highest BCUT2D eigenvalue weighted by atomic mass is 16.2. The van der Waals surface area contributed by atoms with Crippen molar-refractivity contribution in [3.8, 4) is 11.3 Å². The maximum Gasteiger partial charge on any atom is 0.255 e. The van der Waals surface area contributed by atoms with E-state index in [-0.39, 0.29) is 17.9 Å². The summed E-state index contributed by atoms with van der Waals surface area (Å²) in [5, 5.41) is 4.08. The molecule has 0 radical (unpaired) electrons. The summed E-state index contributed by atoms with van der Waals surface area (Å²) in [6.45, 7) is 6.61. The van der Waals surface area contributed by atoms with E-state index in [1.165, 1.54) is 5.56 Å². The summed E-state index contributed by atoms with van der Waals surface area (Å²) < 4.78 is 0. The normalized spacial score (nSPS) is 15.9. The number of hydrogen-bond acceptors (Lipinski definition) is 2. The van der Waals surface area contributed by atoms with Gasteiger partial charge in [-0.25, -0.2) is 0 Å². The zero-order valence-electron chi connectivity index (χ0n) is 20.5. The van der Waals surface area contributed by atoms with Crippen molar-refractivity contribution in [1.29, 1.82) is 0 Å². The molecule has 0 saturated carbocycles. The number of hydrogen-bond donors (Lipinski definition) is 2. The Morgan fingerprint density at radius 2 is 1.74 bits per heavy atom. The second-order valence-corrected chi connectivity index (χ2v) is 9.35. The molecule has 2 N–H and O–H groups in total. The lowest BCUT2D eigenvalue weighted by molar-refractivity contribution is -0.125. The van der Waals surface area contributed by atoms with E-state index < -0.39 is 6.04 Å². The van der Waals surface area contributed by atoms with Crippen molar-refractivity contribution >= 4 is 22.7 Å². The summed E-state index contributed by atoms with van der Waals surface area (Å²) in [7, 11) is 0. The number of amides is 2. The lowest BCUT2D eigenvalue weighted by Crippen LogP contribution is -2.47. The van der Waals surface area contributed by atoms with Gasteiger partial charge >= 0.3 is 0 Å². The van der Waals surface area contributed by atoms with E-state index in [0.29, 0.717) is 12.1 Å². The summed E-state index contributed by atoms with van der Waals surface area (Å²) in [5.41, 5.74) is 6.84. The van der Waals surface area contributed by atoms with Gasteiger partial charge in [0.2, 0.25) is 5.91 Å². The molecule has 178 valence electrons. The number of aromatic nitrogens is 1. The molecular weight excluding hydrogens is 434 g/mol. The number of benzene rings is 3. The predicted molar refractivity (Wildman–Crippen MR) is 140 cm³/mol. The number of carbonyl (C=O) groups excluding carboxylic acids is 2.